The molecule has 2 amide bonds. The number of hydrogen-bond acceptors (Lipinski definition) is 7. The molecular weight excluding hydrogens is 627 g/mol. The summed E-state index contributed by atoms with van der Waals surface area (Å²) >= 11 is 1.26. The van der Waals surface area contributed by atoms with E-state index in [2.05, 4.69) is 25.6 Å². The second kappa shape index (κ2) is 16.0. The van der Waals surface area contributed by atoms with Gasteiger partial charge < -0.3 is 27.1 Å². The number of hydrogen-bond donors (Lipinski definition) is 5. The van der Waals surface area contributed by atoms with E-state index in [0.717, 1.165) is 26.7 Å². The number of Topliss-reactive ketones (excluding diaryl/α,β-unsaturated/α-hetero) is 2. The highest BCUT2D eigenvalue weighted by Gasteiger charge is 2.32. The molecule has 0 spiro atoms. The highest BCUT2D eigenvalue weighted by Crippen LogP contribution is 2.25. The van der Waals surface area contributed by atoms with Crippen molar-refractivity contribution in [3.63, 3.8) is 0 Å². The number of para-hydroxylation sites is 2. The van der Waals surface area contributed by atoms with Crippen LogP contribution < -0.4 is 22.1 Å². The number of guanidine groups is 1. The van der Waals surface area contributed by atoms with E-state index in [9.17, 15) is 19.2 Å². The molecule has 3 aromatic carbocycles. The van der Waals surface area contributed by atoms with Crippen molar-refractivity contribution < 1.29 is 19.2 Å². The molecule has 0 bridgehead atoms. The van der Waals surface area contributed by atoms with Gasteiger partial charge in [0.15, 0.2) is 16.8 Å². The number of carbonyl (C=O) groups excluding carboxylic acids is 4. The Bertz CT molecular complexity index is 1900. The minimum Gasteiger partial charge on any atom is -0.370 e. The van der Waals surface area contributed by atoms with Crippen molar-refractivity contribution in [2.75, 3.05) is 6.54 Å². The van der Waals surface area contributed by atoms with Gasteiger partial charge in [0.05, 0.1) is 22.3 Å². The minimum absolute atomic E-state index is 0.0594. The van der Waals surface area contributed by atoms with Gasteiger partial charge >= 0.3 is 0 Å². The van der Waals surface area contributed by atoms with Gasteiger partial charge in [0.25, 0.3) is 0 Å². The van der Waals surface area contributed by atoms with Crippen molar-refractivity contribution in [2.24, 2.45) is 22.4 Å². The van der Waals surface area contributed by atoms with E-state index in [-0.39, 0.29) is 60.7 Å². The summed E-state index contributed by atoms with van der Waals surface area (Å²) in [6.45, 7) is 1.64. The third kappa shape index (κ3) is 8.91. The average molecular weight is 666 g/mol. The van der Waals surface area contributed by atoms with Crippen LogP contribution in [0, 0.1) is 5.92 Å². The van der Waals surface area contributed by atoms with Crippen molar-refractivity contribution >= 4 is 61.8 Å². The average Bonchev–Trinajstić information content (AvgIpc) is 3.70. The van der Waals surface area contributed by atoms with Gasteiger partial charge in [0.1, 0.15) is 0 Å². The Kier molecular flexibility index (Phi) is 11.3. The Morgan fingerprint density at radius 3 is 2.38 bits per heavy atom. The molecule has 0 aliphatic carbocycles. The Balaban J connectivity index is 1.39. The largest absolute Gasteiger partial charge is 0.370 e. The number of nitrogens with zero attached hydrogens (tertiary/aromatic N) is 2. The number of thiazole rings is 1. The number of benzene rings is 3. The number of amides is 2. The maximum absolute atomic E-state index is 14.1. The standard InChI is InChI=1S/C36H39N7O4S/c1-22(44)41-30(19-25-21-40-27-13-6-5-12-26(25)27)31(45)20-24(18-23-10-3-2-4-11-23)34(47)42-29(15-9-17-39-36(37)38)33(46)35-43-28-14-7-8-16-32(28)48-35/h2-8,10-14,16,21,24,29-30,40H,9,15,17-20H2,1H3,(H,41,44)(H,42,47)(H4,37,38,39)/t24-,29+,30-/m1/s1. The molecular formula is C36H39N7O4S. The fourth-order valence-corrected chi connectivity index (χ4v) is 6.70. The number of ketones is 2. The Hall–Kier alpha value is -5.36. The van der Waals surface area contributed by atoms with Crippen LogP contribution >= 0.6 is 11.3 Å². The Morgan fingerprint density at radius 1 is 0.896 bits per heavy atom. The van der Waals surface area contributed by atoms with Crippen molar-refractivity contribution in [1.82, 2.24) is 20.6 Å². The van der Waals surface area contributed by atoms with E-state index >= 15 is 0 Å². The zero-order chi connectivity index (χ0) is 34.0. The lowest BCUT2D eigenvalue weighted by Crippen LogP contribution is -2.47. The van der Waals surface area contributed by atoms with Gasteiger partial charge in [-0.25, -0.2) is 4.98 Å². The number of aromatic nitrogens is 2. The summed E-state index contributed by atoms with van der Waals surface area (Å²) in [5.74, 6) is -2.28. The molecule has 0 saturated carbocycles. The quantitative estimate of drug-likeness (QED) is 0.0455. The molecule has 0 radical (unpaired) electrons. The highest BCUT2D eigenvalue weighted by molar-refractivity contribution is 7.20. The molecule has 0 aliphatic heterocycles. The van der Waals surface area contributed by atoms with Crippen LogP contribution in [0.1, 0.15) is 47.1 Å². The van der Waals surface area contributed by atoms with Crippen molar-refractivity contribution in [1.29, 1.82) is 0 Å². The topological polar surface area (TPSA) is 185 Å². The summed E-state index contributed by atoms with van der Waals surface area (Å²) in [6, 6.07) is 22.8. The van der Waals surface area contributed by atoms with Crippen LogP contribution in [0.4, 0.5) is 0 Å². The zero-order valence-corrected chi connectivity index (χ0v) is 27.5. The first kappa shape index (κ1) is 34.0. The highest BCUT2D eigenvalue weighted by atomic mass is 32.1. The summed E-state index contributed by atoms with van der Waals surface area (Å²) in [7, 11) is 0. The molecule has 2 heterocycles. The van der Waals surface area contributed by atoms with E-state index in [4.69, 9.17) is 11.5 Å². The number of H-pyrrole nitrogens is 1. The third-order valence-electron chi connectivity index (χ3n) is 8.09. The van der Waals surface area contributed by atoms with Gasteiger partial charge in [-0.2, -0.15) is 0 Å². The zero-order valence-electron chi connectivity index (χ0n) is 26.6. The van der Waals surface area contributed by atoms with Crippen molar-refractivity contribution in [2.45, 2.75) is 51.1 Å². The van der Waals surface area contributed by atoms with Crippen molar-refractivity contribution in [3.8, 4) is 0 Å². The number of aliphatic imine (C=N–C) groups is 1. The van der Waals surface area contributed by atoms with Crippen molar-refractivity contribution in [3.05, 3.63) is 101 Å². The second-order valence-electron chi connectivity index (χ2n) is 11.7. The first-order chi connectivity index (χ1) is 23.2. The Morgan fingerprint density at radius 2 is 1.62 bits per heavy atom. The summed E-state index contributed by atoms with van der Waals surface area (Å²) in [5, 5.41) is 6.98. The lowest BCUT2D eigenvalue weighted by Gasteiger charge is -2.23. The molecule has 0 unspecified atom stereocenters. The van der Waals surface area contributed by atoms with E-state index < -0.39 is 23.9 Å². The van der Waals surface area contributed by atoms with Crippen LogP contribution in [0.2, 0.25) is 0 Å². The normalized spacial score (nSPS) is 13.0. The molecule has 5 aromatic rings. The molecule has 12 heteroatoms. The maximum atomic E-state index is 14.1. The summed E-state index contributed by atoms with van der Waals surface area (Å²) in [6.07, 6.45) is 2.89. The molecule has 3 atom stereocenters. The number of aromatic amines is 1. The van der Waals surface area contributed by atoms with Gasteiger partial charge in [-0.15, -0.1) is 11.3 Å². The summed E-state index contributed by atoms with van der Waals surface area (Å²) < 4.78 is 0.859. The molecule has 5 rings (SSSR count). The van der Waals surface area contributed by atoms with Crippen LogP contribution in [0.15, 0.2) is 90.1 Å². The van der Waals surface area contributed by atoms with E-state index in [1.54, 1.807) is 0 Å². The molecule has 248 valence electrons. The van der Waals surface area contributed by atoms with Gasteiger partial charge in [-0.05, 0) is 48.6 Å². The first-order valence-electron chi connectivity index (χ1n) is 15.8. The monoisotopic (exact) mass is 665 g/mol. The summed E-state index contributed by atoms with van der Waals surface area (Å²) in [4.78, 5) is 65.8. The van der Waals surface area contributed by atoms with Crippen LogP contribution in [-0.2, 0) is 27.2 Å². The fraction of sp³-hybridized carbons (Fsp3) is 0.278. The van der Waals surface area contributed by atoms with Crippen LogP contribution in [-0.4, -0.2) is 57.9 Å². The van der Waals surface area contributed by atoms with Gasteiger partial charge in [0, 0.05) is 49.3 Å². The molecule has 48 heavy (non-hydrogen) atoms. The lowest BCUT2D eigenvalue weighted by molar-refractivity contribution is -0.131. The molecule has 0 fully saturated rings. The molecule has 0 aliphatic rings. The molecule has 2 aromatic heterocycles. The SMILES string of the molecule is CC(=O)N[C@H](Cc1c[nH]c2ccccc12)C(=O)C[C@@H](Cc1ccccc1)C(=O)N[C@@H](CCCN=C(N)N)C(=O)c1nc2ccccc2s1. The van der Waals surface area contributed by atoms with Crippen LogP contribution in [0.3, 0.4) is 0 Å². The Labute approximate surface area is 282 Å². The first-order valence-corrected chi connectivity index (χ1v) is 16.6. The van der Waals surface area contributed by atoms with Gasteiger partial charge in [-0.1, -0.05) is 60.7 Å². The maximum Gasteiger partial charge on any atom is 0.224 e. The van der Waals surface area contributed by atoms with Crippen LogP contribution in [0.5, 0.6) is 0 Å². The van der Waals surface area contributed by atoms with Gasteiger partial charge in [0.2, 0.25) is 17.6 Å². The van der Waals surface area contributed by atoms with Gasteiger partial charge in [-0.3, -0.25) is 24.2 Å². The van der Waals surface area contributed by atoms with Crippen LogP contribution in [0.25, 0.3) is 21.1 Å². The lowest BCUT2D eigenvalue weighted by atomic mass is 9.89. The minimum atomic E-state index is -0.919. The molecule has 7 N–H and O–H groups in total. The number of nitrogens with one attached hydrogen (secondary N) is 3. The second-order valence-corrected chi connectivity index (χ2v) is 12.8. The number of rotatable bonds is 16. The fourth-order valence-electron chi connectivity index (χ4n) is 5.74. The smallest absolute Gasteiger partial charge is 0.224 e. The van der Waals surface area contributed by atoms with E-state index in [0.29, 0.717) is 11.9 Å². The number of carbonyl (C=O) groups is 4. The third-order valence-corrected chi connectivity index (χ3v) is 9.14. The predicted molar refractivity (Wildman–Crippen MR) is 189 cm³/mol. The molecule has 0 saturated heterocycles. The number of fused-ring (bicyclic) bond motifs is 2. The van der Waals surface area contributed by atoms with E-state index in [1.807, 2.05) is 85.1 Å². The molecule has 11 nitrogen and oxygen atoms in total. The predicted octanol–water partition coefficient (Wildman–Crippen LogP) is 4.06. The number of nitrogens with two attached hydrogens (primary N) is 2. The summed E-state index contributed by atoms with van der Waals surface area (Å²) in [5.41, 5.74) is 14.3. The van der Waals surface area contributed by atoms with E-state index in [1.165, 1.54) is 18.3 Å².